The van der Waals surface area contributed by atoms with Crippen molar-refractivity contribution in [3.8, 4) is 17.0 Å². The van der Waals surface area contributed by atoms with Crippen LogP contribution >= 0.6 is 0 Å². The summed E-state index contributed by atoms with van der Waals surface area (Å²) in [6, 6.07) is 9.92. The van der Waals surface area contributed by atoms with E-state index in [0.717, 1.165) is 22.4 Å². The fraction of sp³-hybridized carbons (Fsp3) is 0.227. The minimum Gasteiger partial charge on any atom is -0.492 e. The van der Waals surface area contributed by atoms with Gasteiger partial charge in [-0.1, -0.05) is 26.0 Å². The van der Waals surface area contributed by atoms with Gasteiger partial charge in [0.15, 0.2) is 5.82 Å². The molecule has 5 nitrogen and oxygen atoms in total. The maximum absolute atomic E-state index is 13.7. The third kappa shape index (κ3) is 3.22. The van der Waals surface area contributed by atoms with Gasteiger partial charge in [0.2, 0.25) is 0 Å². The average Bonchev–Trinajstić information content (AvgIpc) is 2.96. The summed E-state index contributed by atoms with van der Waals surface area (Å²) in [5, 5.41) is 2.57. The zero-order valence-corrected chi connectivity index (χ0v) is 15.9. The SMILES string of the molecule is Cc1cc2c(cc1-c1cnc(NC(=O)c3ccccc3F)cn1)C(C)(C)CO2. The number of hydrogen-bond donors (Lipinski definition) is 1. The van der Waals surface area contributed by atoms with E-state index >= 15 is 0 Å². The maximum atomic E-state index is 13.7. The molecule has 0 saturated carbocycles. The molecule has 0 unspecified atom stereocenters. The Kier molecular flexibility index (Phi) is 4.34. The van der Waals surface area contributed by atoms with E-state index in [0.29, 0.717) is 12.3 Å². The number of hydrogen-bond acceptors (Lipinski definition) is 4. The first-order chi connectivity index (χ1) is 13.3. The van der Waals surface area contributed by atoms with Crippen LogP contribution in [-0.2, 0) is 5.41 Å². The van der Waals surface area contributed by atoms with Gasteiger partial charge in [-0.05, 0) is 36.8 Å². The van der Waals surface area contributed by atoms with Gasteiger partial charge in [0.25, 0.3) is 5.91 Å². The zero-order valence-electron chi connectivity index (χ0n) is 15.9. The van der Waals surface area contributed by atoms with Crippen LogP contribution in [0.1, 0.15) is 35.3 Å². The predicted molar refractivity (Wildman–Crippen MR) is 105 cm³/mol. The van der Waals surface area contributed by atoms with Gasteiger partial charge in [-0.15, -0.1) is 0 Å². The molecule has 0 saturated heterocycles. The van der Waals surface area contributed by atoms with Gasteiger partial charge in [0.1, 0.15) is 11.6 Å². The van der Waals surface area contributed by atoms with Crippen LogP contribution in [-0.4, -0.2) is 22.5 Å². The lowest BCUT2D eigenvalue weighted by Gasteiger charge is -2.16. The lowest BCUT2D eigenvalue weighted by atomic mass is 9.85. The van der Waals surface area contributed by atoms with Crippen LogP contribution in [0.4, 0.5) is 10.2 Å². The summed E-state index contributed by atoms with van der Waals surface area (Å²) in [4.78, 5) is 20.9. The molecule has 6 heteroatoms. The smallest absolute Gasteiger partial charge is 0.259 e. The standard InChI is InChI=1S/C22H20FN3O2/c1-13-8-19-16(22(2,3)12-28-19)9-15(13)18-10-25-20(11-24-18)26-21(27)14-6-4-5-7-17(14)23/h4-11H,12H2,1-3H3,(H,25,26,27). The molecule has 1 N–H and O–H groups in total. The average molecular weight is 377 g/mol. The molecule has 3 aromatic rings. The molecule has 0 radical (unpaired) electrons. The summed E-state index contributed by atoms with van der Waals surface area (Å²) in [6.45, 7) is 6.94. The van der Waals surface area contributed by atoms with E-state index in [9.17, 15) is 9.18 Å². The van der Waals surface area contributed by atoms with E-state index in [4.69, 9.17) is 4.74 Å². The molecule has 1 aliphatic rings. The number of aromatic nitrogens is 2. The molecule has 0 spiro atoms. The second-order valence-corrected chi connectivity index (χ2v) is 7.56. The van der Waals surface area contributed by atoms with Crippen molar-refractivity contribution >= 4 is 11.7 Å². The van der Waals surface area contributed by atoms with E-state index < -0.39 is 11.7 Å². The second-order valence-electron chi connectivity index (χ2n) is 7.56. The Hall–Kier alpha value is -3.28. The van der Waals surface area contributed by atoms with Crippen molar-refractivity contribution in [3.05, 3.63) is 71.3 Å². The van der Waals surface area contributed by atoms with E-state index in [1.165, 1.54) is 24.4 Å². The molecule has 0 fully saturated rings. The number of aryl methyl sites for hydroxylation is 1. The Bertz CT molecular complexity index is 1060. The number of halogens is 1. The quantitative estimate of drug-likeness (QED) is 0.729. The lowest BCUT2D eigenvalue weighted by molar-refractivity contribution is 0.102. The van der Waals surface area contributed by atoms with Crippen LogP contribution in [0.3, 0.4) is 0 Å². The molecule has 0 aliphatic carbocycles. The van der Waals surface area contributed by atoms with Gasteiger partial charge >= 0.3 is 0 Å². The Morgan fingerprint density at radius 2 is 1.96 bits per heavy atom. The molecule has 28 heavy (non-hydrogen) atoms. The van der Waals surface area contributed by atoms with Gasteiger partial charge in [0.05, 0.1) is 30.3 Å². The molecular formula is C22H20FN3O2. The molecule has 0 atom stereocenters. The summed E-state index contributed by atoms with van der Waals surface area (Å²) < 4.78 is 19.5. The third-order valence-corrected chi connectivity index (χ3v) is 4.93. The first kappa shape index (κ1) is 18.1. The second kappa shape index (κ2) is 6.71. The minimum absolute atomic E-state index is 0.0370. The summed E-state index contributed by atoms with van der Waals surface area (Å²) in [6.07, 6.45) is 3.08. The number of anilines is 1. The first-order valence-corrected chi connectivity index (χ1v) is 9.01. The van der Waals surface area contributed by atoms with E-state index in [-0.39, 0.29) is 16.8 Å². The Labute approximate surface area is 162 Å². The van der Waals surface area contributed by atoms with E-state index in [2.05, 4.69) is 35.2 Å². The number of carbonyl (C=O) groups excluding carboxylic acids is 1. The Balaban J connectivity index is 1.59. The zero-order chi connectivity index (χ0) is 19.9. The van der Waals surface area contributed by atoms with Gasteiger partial charge < -0.3 is 10.1 Å². The number of benzene rings is 2. The predicted octanol–water partition coefficient (Wildman–Crippen LogP) is 4.51. The van der Waals surface area contributed by atoms with Gasteiger partial charge in [-0.2, -0.15) is 0 Å². The van der Waals surface area contributed by atoms with Gasteiger partial charge in [-0.3, -0.25) is 9.78 Å². The fourth-order valence-electron chi connectivity index (χ4n) is 3.30. The van der Waals surface area contributed by atoms with Crippen LogP contribution in [0.2, 0.25) is 0 Å². The first-order valence-electron chi connectivity index (χ1n) is 9.01. The summed E-state index contributed by atoms with van der Waals surface area (Å²) in [7, 11) is 0. The summed E-state index contributed by atoms with van der Waals surface area (Å²) in [5.74, 6) is 0.0309. The molecule has 1 amide bonds. The van der Waals surface area contributed by atoms with Crippen molar-refractivity contribution in [1.29, 1.82) is 0 Å². The topological polar surface area (TPSA) is 64.1 Å². The Morgan fingerprint density at radius 3 is 2.68 bits per heavy atom. The molecule has 2 aromatic carbocycles. The highest BCUT2D eigenvalue weighted by Gasteiger charge is 2.32. The number of amides is 1. The summed E-state index contributed by atoms with van der Waals surface area (Å²) >= 11 is 0. The van der Waals surface area contributed by atoms with Gasteiger partial charge in [0, 0.05) is 16.5 Å². The molecule has 0 bridgehead atoms. The summed E-state index contributed by atoms with van der Waals surface area (Å²) in [5.41, 5.74) is 3.76. The molecular weight excluding hydrogens is 357 g/mol. The lowest BCUT2D eigenvalue weighted by Crippen LogP contribution is -2.18. The van der Waals surface area contributed by atoms with Gasteiger partial charge in [-0.25, -0.2) is 9.37 Å². The van der Waals surface area contributed by atoms with Crippen LogP contribution < -0.4 is 10.1 Å². The van der Waals surface area contributed by atoms with Crippen LogP contribution in [0, 0.1) is 12.7 Å². The van der Waals surface area contributed by atoms with Crippen molar-refractivity contribution in [1.82, 2.24) is 9.97 Å². The number of nitrogens with one attached hydrogen (secondary N) is 1. The van der Waals surface area contributed by atoms with Crippen LogP contribution in [0.15, 0.2) is 48.8 Å². The minimum atomic E-state index is -0.580. The van der Waals surface area contributed by atoms with Crippen molar-refractivity contribution in [3.63, 3.8) is 0 Å². The molecule has 4 rings (SSSR count). The van der Waals surface area contributed by atoms with Crippen molar-refractivity contribution in [2.45, 2.75) is 26.2 Å². The van der Waals surface area contributed by atoms with Crippen molar-refractivity contribution < 1.29 is 13.9 Å². The van der Waals surface area contributed by atoms with Crippen LogP contribution in [0.5, 0.6) is 5.75 Å². The molecule has 1 aromatic heterocycles. The molecule has 142 valence electrons. The van der Waals surface area contributed by atoms with Crippen molar-refractivity contribution in [2.24, 2.45) is 0 Å². The number of fused-ring (bicyclic) bond motifs is 1. The monoisotopic (exact) mass is 377 g/mol. The van der Waals surface area contributed by atoms with E-state index in [1.54, 1.807) is 12.3 Å². The largest absolute Gasteiger partial charge is 0.492 e. The maximum Gasteiger partial charge on any atom is 0.259 e. The normalized spacial score (nSPS) is 14.3. The fourth-order valence-corrected chi connectivity index (χ4v) is 3.30. The number of nitrogens with zero attached hydrogens (tertiary/aromatic N) is 2. The third-order valence-electron chi connectivity index (χ3n) is 4.93. The highest BCUT2D eigenvalue weighted by Crippen LogP contribution is 2.41. The molecule has 2 heterocycles. The van der Waals surface area contributed by atoms with Crippen LogP contribution in [0.25, 0.3) is 11.3 Å². The van der Waals surface area contributed by atoms with E-state index in [1.807, 2.05) is 13.0 Å². The number of rotatable bonds is 3. The highest BCUT2D eigenvalue weighted by molar-refractivity contribution is 6.03. The number of ether oxygens (including phenoxy) is 1. The Morgan fingerprint density at radius 1 is 1.18 bits per heavy atom. The number of carbonyl (C=O) groups is 1. The molecule has 1 aliphatic heterocycles. The highest BCUT2D eigenvalue weighted by atomic mass is 19.1. The van der Waals surface area contributed by atoms with Crippen molar-refractivity contribution in [2.75, 3.05) is 11.9 Å².